The van der Waals surface area contributed by atoms with Gasteiger partial charge in [0.1, 0.15) is 15.6 Å². The molecule has 0 bridgehead atoms. The van der Waals surface area contributed by atoms with E-state index in [2.05, 4.69) is 30.2 Å². The normalized spacial score (nSPS) is 11.8. The smallest absolute Gasteiger partial charge is 0.414 e. The van der Waals surface area contributed by atoms with E-state index in [9.17, 15) is 22.0 Å². The van der Waals surface area contributed by atoms with Crippen LogP contribution in [0.25, 0.3) is 10.8 Å². The van der Waals surface area contributed by atoms with Gasteiger partial charge < -0.3 is 14.5 Å². The molecule has 26 heavy (non-hydrogen) atoms. The summed E-state index contributed by atoms with van der Waals surface area (Å²) in [4.78, 5) is 8.08. The predicted molar refractivity (Wildman–Crippen MR) is 78.6 cm³/mol. The number of ether oxygens (including phenoxy) is 1. The Bertz CT molecular complexity index is 882. The molecule has 7 nitrogen and oxygen atoms in total. The standard InChI is InChI=1S/C13H8F5N5O2S/c14-10(15)12-23-22-11(24-12)8-4-21-9(26-8)5-20-6-1-7(3-19-2-6)25-13(16,17)18/h1-4,10,20H,5H2. The van der Waals surface area contributed by atoms with Crippen LogP contribution in [0.2, 0.25) is 0 Å². The van der Waals surface area contributed by atoms with Crippen LogP contribution in [-0.2, 0) is 6.54 Å². The largest absolute Gasteiger partial charge is 0.573 e. The van der Waals surface area contributed by atoms with Gasteiger partial charge in [-0.15, -0.1) is 34.7 Å². The van der Waals surface area contributed by atoms with Crippen molar-refractivity contribution in [2.24, 2.45) is 0 Å². The van der Waals surface area contributed by atoms with Gasteiger partial charge in [-0.05, 0) is 0 Å². The Labute approximate surface area is 145 Å². The summed E-state index contributed by atoms with van der Waals surface area (Å²) in [6, 6.07) is 1.13. The Kier molecular flexibility index (Phi) is 4.97. The Balaban J connectivity index is 1.64. The van der Waals surface area contributed by atoms with Crippen LogP contribution < -0.4 is 10.1 Å². The lowest BCUT2D eigenvalue weighted by Crippen LogP contribution is -2.17. The maximum atomic E-state index is 12.4. The lowest BCUT2D eigenvalue weighted by atomic mass is 10.4. The minimum atomic E-state index is -4.81. The van der Waals surface area contributed by atoms with Crippen molar-refractivity contribution in [1.29, 1.82) is 0 Å². The average Bonchev–Trinajstić information content (AvgIpc) is 3.21. The third-order valence-corrected chi connectivity index (χ3v) is 3.77. The lowest BCUT2D eigenvalue weighted by molar-refractivity contribution is -0.274. The van der Waals surface area contributed by atoms with Crippen LogP contribution in [0.4, 0.5) is 27.6 Å². The van der Waals surface area contributed by atoms with Crippen LogP contribution in [0.5, 0.6) is 5.75 Å². The molecule has 0 unspecified atom stereocenters. The molecule has 0 radical (unpaired) electrons. The van der Waals surface area contributed by atoms with Crippen molar-refractivity contribution in [3.63, 3.8) is 0 Å². The van der Waals surface area contributed by atoms with Gasteiger partial charge in [0.25, 0.3) is 11.8 Å². The summed E-state index contributed by atoms with van der Waals surface area (Å²) in [5.74, 6) is -1.35. The molecule has 1 N–H and O–H groups in total. The molecular weight excluding hydrogens is 385 g/mol. The van der Waals surface area contributed by atoms with Crippen LogP contribution in [0.15, 0.2) is 29.1 Å². The first-order valence-corrected chi connectivity index (χ1v) is 7.63. The number of nitrogens with one attached hydrogen (secondary N) is 1. The molecule has 3 aromatic heterocycles. The van der Waals surface area contributed by atoms with Crippen molar-refractivity contribution in [2.75, 3.05) is 5.32 Å². The quantitative estimate of drug-likeness (QED) is 0.633. The number of rotatable bonds is 6. The van der Waals surface area contributed by atoms with Crippen LogP contribution >= 0.6 is 11.3 Å². The maximum Gasteiger partial charge on any atom is 0.573 e. The van der Waals surface area contributed by atoms with Crippen LogP contribution in [0.3, 0.4) is 0 Å². The highest BCUT2D eigenvalue weighted by Crippen LogP contribution is 2.28. The molecule has 0 aliphatic carbocycles. The molecule has 0 aliphatic rings. The number of pyridine rings is 1. The van der Waals surface area contributed by atoms with Crippen molar-refractivity contribution < 1.29 is 31.1 Å². The van der Waals surface area contributed by atoms with E-state index in [1.807, 2.05) is 0 Å². The number of hydrogen-bond acceptors (Lipinski definition) is 8. The topological polar surface area (TPSA) is 86.0 Å². The van der Waals surface area contributed by atoms with E-state index in [1.54, 1.807) is 0 Å². The molecular formula is C13H8F5N5O2S. The van der Waals surface area contributed by atoms with E-state index in [1.165, 1.54) is 12.4 Å². The molecule has 0 aliphatic heterocycles. The van der Waals surface area contributed by atoms with Crippen LogP contribution in [-0.4, -0.2) is 26.5 Å². The molecule has 0 atom stereocenters. The second-order valence-electron chi connectivity index (χ2n) is 4.68. The average molecular weight is 393 g/mol. The first-order chi connectivity index (χ1) is 12.3. The van der Waals surface area contributed by atoms with Crippen molar-refractivity contribution in [2.45, 2.75) is 19.3 Å². The predicted octanol–water partition coefficient (Wildman–Crippen LogP) is 4.04. The van der Waals surface area contributed by atoms with E-state index in [4.69, 9.17) is 4.42 Å². The molecule has 0 saturated heterocycles. The summed E-state index contributed by atoms with van der Waals surface area (Å²) >= 11 is 1.10. The number of aromatic nitrogens is 4. The van der Waals surface area contributed by atoms with Gasteiger partial charge in [-0.25, -0.2) is 4.98 Å². The summed E-state index contributed by atoms with van der Waals surface area (Å²) < 4.78 is 70.0. The number of halogens is 5. The maximum absolute atomic E-state index is 12.4. The summed E-state index contributed by atoms with van der Waals surface area (Å²) in [5.41, 5.74) is 0.279. The third kappa shape index (κ3) is 4.62. The first-order valence-electron chi connectivity index (χ1n) is 6.81. The number of nitrogens with zero attached hydrogens (tertiary/aromatic N) is 4. The van der Waals surface area contributed by atoms with Crippen molar-refractivity contribution in [3.8, 4) is 16.5 Å². The summed E-state index contributed by atoms with van der Waals surface area (Å²) in [6.45, 7) is 0.150. The van der Waals surface area contributed by atoms with E-state index in [-0.39, 0.29) is 18.1 Å². The van der Waals surface area contributed by atoms with Crippen molar-refractivity contribution in [1.82, 2.24) is 20.2 Å². The molecule has 3 aromatic rings. The summed E-state index contributed by atoms with van der Waals surface area (Å²) in [5, 5.41) is 10.1. The summed E-state index contributed by atoms with van der Waals surface area (Å²) in [7, 11) is 0. The minimum Gasteiger partial charge on any atom is -0.414 e. The fraction of sp³-hybridized carbons (Fsp3) is 0.231. The highest BCUT2D eigenvalue weighted by atomic mass is 32.1. The molecule has 0 fully saturated rings. The molecule has 3 rings (SSSR count). The Hall–Kier alpha value is -2.83. The highest BCUT2D eigenvalue weighted by Gasteiger charge is 2.31. The Morgan fingerprint density at radius 1 is 1.19 bits per heavy atom. The van der Waals surface area contributed by atoms with E-state index >= 15 is 0 Å². The molecule has 0 spiro atoms. The van der Waals surface area contributed by atoms with Crippen LogP contribution in [0.1, 0.15) is 17.3 Å². The lowest BCUT2D eigenvalue weighted by Gasteiger charge is -2.10. The van der Waals surface area contributed by atoms with E-state index in [0.29, 0.717) is 9.88 Å². The van der Waals surface area contributed by atoms with E-state index < -0.39 is 24.4 Å². The molecule has 138 valence electrons. The molecule has 13 heteroatoms. The Morgan fingerprint density at radius 2 is 2.00 bits per heavy atom. The van der Waals surface area contributed by atoms with Crippen molar-refractivity contribution in [3.05, 3.63) is 35.6 Å². The zero-order valence-electron chi connectivity index (χ0n) is 12.5. The van der Waals surface area contributed by atoms with Gasteiger partial charge in [-0.3, -0.25) is 4.98 Å². The molecule has 3 heterocycles. The highest BCUT2D eigenvalue weighted by molar-refractivity contribution is 7.15. The van der Waals surface area contributed by atoms with Gasteiger partial charge in [-0.1, -0.05) is 0 Å². The number of anilines is 1. The zero-order chi connectivity index (χ0) is 18.7. The van der Waals surface area contributed by atoms with Gasteiger partial charge in [0.15, 0.2) is 0 Å². The molecule has 0 saturated carbocycles. The summed E-state index contributed by atoms with van der Waals surface area (Å²) in [6.07, 6.45) is -4.08. The van der Waals surface area contributed by atoms with Gasteiger partial charge in [0, 0.05) is 6.07 Å². The number of hydrogen-bond donors (Lipinski definition) is 1. The zero-order valence-corrected chi connectivity index (χ0v) is 13.3. The fourth-order valence-electron chi connectivity index (χ4n) is 1.80. The van der Waals surface area contributed by atoms with E-state index in [0.717, 1.165) is 23.6 Å². The van der Waals surface area contributed by atoms with Gasteiger partial charge in [0.05, 0.1) is 30.8 Å². The Morgan fingerprint density at radius 3 is 2.69 bits per heavy atom. The monoisotopic (exact) mass is 393 g/mol. The number of thiazole rings is 1. The van der Waals surface area contributed by atoms with Gasteiger partial charge in [0.2, 0.25) is 0 Å². The van der Waals surface area contributed by atoms with Crippen LogP contribution in [0, 0.1) is 0 Å². The molecule has 0 aromatic carbocycles. The second-order valence-corrected chi connectivity index (χ2v) is 5.79. The number of alkyl halides is 5. The fourth-order valence-corrected chi connectivity index (χ4v) is 2.57. The first kappa shape index (κ1) is 18.0. The molecule has 0 amide bonds. The van der Waals surface area contributed by atoms with Gasteiger partial charge >= 0.3 is 12.8 Å². The second kappa shape index (κ2) is 7.19. The SMILES string of the molecule is FC(F)c1nnc(-c2cnc(CNc3cncc(OC(F)(F)F)c3)s2)o1. The van der Waals surface area contributed by atoms with Crippen molar-refractivity contribution >= 4 is 17.0 Å². The van der Waals surface area contributed by atoms with Gasteiger partial charge in [-0.2, -0.15) is 8.78 Å². The minimum absolute atomic E-state index is 0.0914. The third-order valence-electron chi connectivity index (χ3n) is 2.78.